The number of benzene rings is 1. The smallest absolute Gasteiger partial charge is 0.134 e. The molecule has 0 saturated carbocycles. The number of methoxy groups -OCH3 is 1. The van der Waals surface area contributed by atoms with Gasteiger partial charge in [-0.15, -0.1) is 0 Å². The largest absolute Gasteiger partial charge is 0.490 e. The number of hydrogen-bond acceptors (Lipinski definition) is 3. The monoisotopic (exact) mass is 450 g/mol. The van der Waals surface area contributed by atoms with Crippen LogP contribution in [0, 0.1) is 0 Å². The van der Waals surface area contributed by atoms with E-state index >= 15 is 0 Å². The molecule has 0 aliphatic rings. The Balaban J connectivity index is 2.37. The first-order valence-corrected chi connectivity index (χ1v) is 9.95. The molecule has 23 heavy (non-hydrogen) atoms. The summed E-state index contributed by atoms with van der Waals surface area (Å²) in [6.07, 6.45) is 7.59. The predicted octanol–water partition coefficient (Wildman–Crippen LogP) is 5.77. The van der Waals surface area contributed by atoms with Crippen molar-refractivity contribution in [3.05, 3.63) is 26.6 Å². The Kier molecular flexibility index (Phi) is 12.0. The summed E-state index contributed by atoms with van der Waals surface area (Å²) in [6.45, 7) is 4.55. The molecule has 0 saturated heterocycles. The Bertz CT molecular complexity index is 439. The summed E-state index contributed by atoms with van der Waals surface area (Å²) in [7, 11) is 1.67. The van der Waals surface area contributed by atoms with E-state index < -0.39 is 0 Å². The van der Waals surface area contributed by atoms with Crippen molar-refractivity contribution in [2.75, 3.05) is 33.5 Å². The first-order valence-electron chi connectivity index (χ1n) is 8.36. The molecular formula is C18H28Br2O3. The highest BCUT2D eigenvalue weighted by Gasteiger charge is 2.08. The second-order valence-corrected chi connectivity index (χ2v) is 7.20. The van der Waals surface area contributed by atoms with E-state index in [1.807, 2.05) is 6.07 Å². The van der Waals surface area contributed by atoms with Crippen LogP contribution in [-0.4, -0.2) is 33.5 Å². The van der Waals surface area contributed by atoms with Crippen LogP contribution < -0.4 is 4.74 Å². The Morgan fingerprint density at radius 3 is 2.35 bits per heavy atom. The maximum Gasteiger partial charge on any atom is 0.134 e. The van der Waals surface area contributed by atoms with Crippen LogP contribution in [-0.2, 0) is 15.9 Å². The second-order valence-electron chi connectivity index (χ2n) is 5.49. The lowest BCUT2D eigenvalue weighted by atomic mass is 10.1. The minimum Gasteiger partial charge on any atom is -0.490 e. The van der Waals surface area contributed by atoms with Crippen molar-refractivity contribution in [1.29, 1.82) is 0 Å². The number of aryl methyl sites for hydroxylation is 1. The molecule has 0 radical (unpaired) electrons. The SMILES string of the molecule is CCCCCCCc1cc(Br)c(OCCOCCOC)cc1Br. The van der Waals surface area contributed by atoms with E-state index in [2.05, 4.69) is 44.8 Å². The maximum atomic E-state index is 5.77. The molecule has 0 fully saturated rings. The van der Waals surface area contributed by atoms with Crippen molar-refractivity contribution >= 4 is 31.9 Å². The predicted molar refractivity (Wildman–Crippen MR) is 102 cm³/mol. The molecule has 0 atom stereocenters. The van der Waals surface area contributed by atoms with Gasteiger partial charge in [-0.2, -0.15) is 0 Å². The van der Waals surface area contributed by atoms with E-state index in [1.54, 1.807) is 7.11 Å². The van der Waals surface area contributed by atoms with Crippen LogP contribution in [0.15, 0.2) is 21.1 Å². The van der Waals surface area contributed by atoms with Crippen LogP contribution in [0.1, 0.15) is 44.6 Å². The van der Waals surface area contributed by atoms with Gasteiger partial charge in [0.15, 0.2) is 0 Å². The minimum absolute atomic E-state index is 0.533. The number of rotatable bonds is 13. The average Bonchev–Trinajstić information content (AvgIpc) is 2.54. The Hall–Kier alpha value is -0.100. The fourth-order valence-electron chi connectivity index (χ4n) is 2.25. The van der Waals surface area contributed by atoms with Gasteiger partial charge in [0, 0.05) is 11.6 Å². The Morgan fingerprint density at radius 1 is 0.870 bits per heavy atom. The number of hydrogen-bond donors (Lipinski definition) is 0. The van der Waals surface area contributed by atoms with Gasteiger partial charge in [0.05, 0.1) is 24.3 Å². The van der Waals surface area contributed by atoms with E-state index in [1.165, 1.54) is 37.7 Å². The number of halogens is 2. The summed E-state index contributed by atoms with van der Waals surface area (Å²) in [5.74, 6) is 0.849. The van der Waals surface area contributed by atoms with Gasteiger partial charge in [-0.05, 0) is 46.5 Å². The molecule has 0 spiro atoms. The molecule has 5 heteroatoms. The lowest BCUT2D eigenvalue weighted by Crippen LogP contribution is -2.10. The lowest BCUT2D eigenvalue weighted by molar-refractivity contribution is 0.0543. The topological polar surface area (TPSA) is 27.7 Å². The summed E-state index contributed by atoms with van der Waals surface area (Å²) in [5.41, 5.74) is 1.33. The first kappa shape index (κ1) is 20.9. The second kappa shape index (κ2) is 13.2. The van der Waals surface area contributed by atoms with Gasteiger partial charge in [-0.1, -0.05) is 48.5 Å². The quantitative estimate of drug-likeness (QED) is 0.356. The third-order valence-corrected chi connectivity index (χ3v) is 4.93. The van der Waals surface area contributed by atoms with Crippen molar-refractivity contribution in [1.82, 2.24) is 0 Å². The van der Waals surface area contributed by atoms with Crippen LogP contribution in [0.3, 0.4) is 0 Å². The van der Waals surface area contributed by atoms with Gasteiger partial charge in [-0.3, -0.25) is 0 Å². The van der Waals surface area contributed by atoms with E-state index in [-0.39, 0.29) is 0 Å². The molecule has 132 valence electrons. The van der Waals surface area contributed by atoms with Gasteiger partial charge < -0.3 is 14.2 Å². The molecule has 1 aromatic carbocycles. The Labute approximate surface area is 157 Å². The molecule has 3 nitrogen and oxygen atoms in total. The summed E-state index contributed by atoms with van der Waals surface area (Å²) in [4.78, 5) is 0. The zero-order valence-corrected chi connectivity index (χ0v) is 17.4. The molecule has 0 bridgehead atoms. The third kappa shape index (κ3) is 9.08. The standard InChI is InChI=1S/C18H28Br2O3/c1-3-4-5-6-7-8-15-13-17(20)18(14-16(15)19)23-12-11-22-10-9-21-2/h13-14H,3-12H2,1-2H3. The fourth-order valence-corrected chi connectivity index (χ4v) is 3.27. The molecule has 0 aliphatic carbocycles. The summed E-state index contributed by atoms with van der Waals surface area (Å²) in [6, 6.07) is 4.20. The molecular weight excluding hydrogens is 424 g/mol. The highest BCUT2D eigenvalue weighted by molar-refractivity contribution is 9.11. The normalized spacial score (nSPS) is 11.0. The van der Waals surface area contributed by atoms with Gasteiger partial charge in [0.1, 0.15) is 12.4 Å². The van der Waals surface area contributed by atoms with Crippen LogP contribution in [0.5, 0.6) is 5.75 Å². The summed E-state index contributed by atoms with van der Waals surface area (Å²) >= 11 is 7.26. The summed E-state index contributed by atoms with van der Waals surface area (Å²) < 4.78 is 18.2. The average molecular weight is 452 g/mol. The number of ether oxygens (including phenoxy) is 3. The molecule has 0 N–H and O–H groups in total. The van der Waals surface area contributed by atoms with Crippen molar-refractivity contribution in [3.8, 4) is 5.75 Å². The minimum atomic E-state index is 0.533. The highest BCUT2D eigenvalue weighted by atomic mass is 79.9. The van der Waals surface area contributed by atoms with Gasteiger partial charge in [0.25, 0.3) is 0 Å². The number of unbranched alkanes of at least 4 members (excludes halogenated alkanes) is 4. The van der Waals surface area contributed by atoms with Gasteiger partial charge in [-0.25, -0.2) is 0 Å². The van der Waals surface area contributed by atoms with Crippen LogP contribution >= 0.6 is 31.9 Å². The summed E-state index contributed by atoms with van der Waals surface area (Å²) in [5, 5.41) is 0. The zero-order valence-electron chi connectivity index (χ0n) is 14.2. The molecule has 1 rings (SSSR count). The van der Waals surface area contributed by atoms with Crippen molar-refractivity contribution < 1.29 is 14.2 Å². The van der Waals surface area contributed by atoms with Crippen molar-refractivity contribution in [2.45, 2.75) is 45.4 Å². The van der Waals surface area contributed by atoms with Crippen LogP contribution in [0.2, 0.25) is 0 Å². The van der Waals surface area contributed by atoms with E-state index in [4.69, 9.17) is 14.2 Å². The van der Waals surface area contributed by atoms with Gasteiger partial charge in [0.2, 0.25) is 0 Å². The van der Waals surface area contributed by atoms with Crippen LogP contribution in [0.4, 0.5) is 0 Å². The molecule has 1 aromatic rings. The highest BCUT2D eigenvalue weighted by Crippen LogP contribution is 2.32. The fraction of sp³-hybridized carbons (Fsp3) is 0.667. The lowest BCUT2D eigenvalue weighted by Gasteiger charge is -2.12. The van der Waals surface area contributed by atoms with Crippen molar-refractivity contribution in [2.24, 2.45) is 0 Å². The first-order chi connectivity index (χ1) is 11.2. The molecule has 0 aromatic heterocycles. The van der Waals surface area contributed by atoms with Gasteiger partial charge >= 0.3 is 0 Å². The molecule has 0 amide bonds. The molecule has 0 heterocycles. The molecule has 0 unspecified atom stereocenters. The van der Waals surface area contributed by atoms with E-state index in [9.17, 15) is 0 Å². The van der Waals surface area contributed by atoms with E-state index in [0.717, 1.165) is 21.1 Å². The third-order valence-electron chi connectivity index (χ3n) is 3.57. The zero-order chi connectivity index (χ0) is 16.9. The maximum absolute atomic E-state index is 5.77. The van der Waals surface area contributed by atoms with Crippen LogP contribution in [0.25, 0.3) is 0 Å². The Morgan fingerprint density at radius 2 is 1.61 bits per heavy atom. The van der Waals surface area contributed by atoms with Crippen molar-refractivity contribution in [3.63, 3.8) is 0 Å². The van der Waals surface area contributed by atoms with E-state index in [0.29, 0.717) is 26.4 Å². The molecule has 0 aliphatic heterocycles.